The molecule has 2 aromatic rings. The van der Waals surface area contributed by atoms with Crippen LogP contribution in [0.3, 0.4) is 0 Å². The Bertz CT molecular complexity index is 519. The van der Waals surface area contributed by atoms with Gasteiger partial charge in [0, 0.05) is 5.39 Å². The number of nitrogens with zero attached hydrogens (tertiary/aromatic N) is 1. The Morgan fingerprint density at radius 3 is 3.12 bits per heavy atom. The molecule has 0 atom stereocenters. The summed E-state index contributed by atoms with van der Waals surface area (Å²) in [6.07, 6.45) is 1.74. The summed E-state index contributed by atoms with van der Waals surface area (Å²) in [6, 6.07) is 5.60. The van der Waals surface area contributed by atoms with E-state index in [0.29, 0.717) is 0 Å². The number of hydrogen-bond donors (Lipinski definition) is 2. The van der Waals surface area contributed by atoms with E-state index in [0.717, 1.165) is 16.6 Å². The van der Waals surface area contributed by atoms with E-state index in [9.17, 15) is 4.79 Å². The second-order valence-electron chi connectivity index (χ2n) is 4.04. The Morgan fingerprint density at radius 2 is 2.35 bits per heavy atom. The van der Waals surface area contributed by atoms with Gasteiger partial charge >= 0.3 is 0 Å². The molecule has 5 nitrogen and oxygen atoms in total. The molecule has 0 unspecified atom stereocenters. The summed E-state index contributed by atoms with van der Waals surface area (Å²) >= 11 is 0. The van der Waals surface area contributed by atoms with Crippen molar-refractivity contribution >= 4 is 22.5 Å². The van der Waals surface area contributed by atoms with Crippen molar-refractivity contribution in [3.05, 3.63) is 24.4 Å². The van der Waals surface area contributed by atoms with Crippen molar-refractivity contribution in [3.8, 4) is 0 Å². The first-order valence-corrected chi connectivity index (χ1v) is 5.50. The third-order valence-corrected chi connectivity index (χ3v) is 2.31. The highest BCUT2D eigenvalue weighted by Gasteiger charge is 2.07. The minimum Gasteiger partial charge on any atom is -0.369 e. The highest BCUT2D eigenvalue weighted by atomic mass is 16.5. The predicted molar refractivity (Wildman–Crippen MR) is 65.8 cm³/mol. The molecular weight excluding hydrogens is 218 g/mol. The fourth-order valence-corrected chi connectivity index (χ4v) is 1.51. The molecule has 0 aliphatic carbocycles. The molecule has 1 heterocycles. The minimum atomic E-state index is -0.160. The van der Waals surface area contributed by atoms with E-state index in [4.69, 9.17) is 4.74 Å². The molecule has 0 saturated heterocycles. The van der Waals surface area contributed by atoms with Gasteiger partial charge in [-0.1, -0.05) is 6.07 Å². The van der Waals surface area contributed by atoms with Crippen molar-refractivity contribution in [2.45, 2.75) is 20.0 Å². The van der Waals surface area contributed by atoms with Crippen LogP contribution in [0.5, 0.6) is 0 Å². The molecule has 0 aliphatic rings. The van der Waals surface area contributed by atoms with Crippen LogP contribution >= 0.6 is 0 Å². The normalized spacial score (nSPS) is 11.0. The van der Waals surface area contributed by atoms with Crippen molar-refractivity contribution in [2.24, 2.45) is 0 Å². The van der Waals surface area contributed by atoms with Gasteiger partial charge in [-0.15, -0.1) is 0 Å². The molecule has 0 saturated carbocycles. The molecule has 2 rings (SSSR count). The zero-order valence-corrected chi connectivity index (χ0v) is 9.86. The fraction of sp³-hybridized carbons (Fsp3) is 0.333. The van der Waals surface area contributed by atoms with Gasteiger partial charge in [-0.25, -0.2) is 0 Å². The SMILES string of the molecule is CC(C)OCC(=O)Nc1cccc2[nH]ncc12. The summed E-state index contributed by atoms with van der Waals surface area (Å²) < 4.78 is 5.23. The van der Waals surface area contributed by atoms with E-state index in [1.165, 1.54) is 0 Å². The molecule has 1 amide bonds. The van der Waals surface area contributed by atoms with Crippen LogP contribution < -0.4 is 5.32 Å². The van der Waals surface area contributed by atoms with Crippen LogP contribution in [0.25, 0.3) is 10.9 Å². The molecule has 0 aliphatic heterocycles. The van der Waals surface area contributed by atoms with E-state index in [1.54, 1.807) is 6.20 Å². The smallest absolute Gasteiger partial charge is 0.250 e. The number of aromatic amines is 1. The molecule has 90 valence electrons. The molecule has 0 bridgehead atoms. The number of fused-ring (bicyclic) bond motifs is 1. The maximum absolute atomic E-state index is 11.6. The van der Waals surface area contributed by atoms with Gasteiger partial charge in [0.1, 0.15) is 6.61 Å². The zero-order chi connectivity index (χ0) is 12.3. The van der Waals surface area contributed by atoms with Gasteiger partial charge in [0.2, 0.25) is 5.91 Å². The number of hydrogen-bond acceptors (Lipinski definition) is 3. The fourth-order valence-electron chi connectivity index (χ4n) is 1.51. The van der Waals surface area contributed by atoms with Crippen molar-refractivity contribution in [2.75, 3.05) is 11.9 Å². The lowest BCUT2D eigenvalue weighted by Crippen LogP contribution is -2.20. The second-order valence-corrected chi connectivity index (χ2v) is 4.04. The summed E-state index contributed by atoms with van der Waals surface area (Å²) in [6.45, 7) is 3.85. The monoisotopic (exact) mass is 233 g/mol. The zero-order valence-electron chi connectivity index (χ0n) is 9.86. The summed E-state index contributed by atoms with van der Waals surface area (Å²) in [5.41, 5.74) is 1.64. The van der Waals surface area contributed by atoms with Crippen LogP contribution in [0.4, 0.5) is 5.69 Å². The average Bonchev–Trinajstić information content (AvgIpc) is 2.75. The van der Waals surface area contributed by atoms with Crippen LogP contribution in [-0.4, -0.2) is 28.8 Å². The van der Waals surface area contributed by atoms with E-state index >= 15 is 0 Å². The first-order valence-electron chi connectivity index (χ1n) is 5.50. The predicted octanol–water partition coefficient (Wildman–Crippen LogP) is 1.93. The van der Waals surface area contributed by atoms with Crippen molar-refractivity contribution in [3.63, 3.8) is 0 Å². The summed E-state index contributed by atoms with van der Waals surface area (Å²) in [4.78, 5) is 11.6. The Morgan fingerprint density at radius 1 is 1.53 bits per heavy atom. The van der Waals surface area contributed by atoms with E-state index in [-0.39, 0.29) is 18.6 Å². The van der Waals surface area contributed by atoms with Gasteiger partial charge in [0.05, 0.1) is 23.5 Å². The van der Waals surface area contributed by atoms with Crippen molar-refractivity contribution in [1.82, 2.24) is 10.2 Å². The lowest BCUT2D eigenvalue weighted by atomic mass is 10.2. The summed E-state index contributed by atoms with van der Waals surface area (Å²) in [5, 5.41) is 10.5. The van der Waals surface area contributed by atoms with E-state index in [2.05, 4.69) is 15.5 Å². The number of carbonyl (C=O) groups excluding carboxylic acids is 1. The first-order chi connectivity index (χ1) is 8.16. The molecule has 0 radical (unpaired) electrons. The summed E-state index contributed by atoms with van der Waals surface area (Å²) in [5.74, 6) is -0.160. The standard InChI is InChI=1S/C12H15N3O2/c1-8(2)17-7-12(16)14-10-4-3-5-11-9(10)6-13-15-11/h3-6,8H,7H2,1-2H3,(H,13,15)(H,14,16). The molecule has 5 heteroatoms. The number of amides is 1. The van der Waals surface area contributed by atoms with Crippen LogP contribution in [0, 0.1) is 0 Å². The van der Waals surface area contributed by atoms with Gasteiger partial charge < -0.3 is 10.1 Å². The summed E-state index contributed by atoms with van der Waals surface area (Å²) in [7, 11) is 0. The molecular formula is C12H15N3O2. The topological polar surface area (TPSA) is 67.0 Å². The largest absolute Gasteiger partial charge is 0.369 e. The number of H-pyrrole nitrogens is 1. The van der Waals surface area contributed by atoms with E-state index in [1.807, 2.05) is 32.0 Å². The van der Waals surface area contributed by atoms with Gasteiger partial charge in [-0.2, -0.15) is 5.10 Å². The number of aromatic nitrogens is 2. The Kier molecular flexibility index (Phi) is 3.39. The lowest BCUT2D eigenvalue weighted by molar-refractivity contribution is -0.121. The quantitative estimate of drug-likeness (QED) is 0.847. The molecule has 0 fully saturated rings. The van der Waals surface area contributed by atoms with Crippen LogP contribution in [-0.2, 0) is 9.53 Å². The van der Waals surface area contributed by atoms with E-state index < -0.39 is 0 Å². The van der Waals surface area contributed by atoms with Gasteiger partial charge in [-0.05, 0) is 26.0 Å². The number of rotatable bonds is 4. The number of benzene rings is 1. The Hall–Kier alpha value is -1.88. The van der Waals surface area contributed by atoms with Gasteiger partial charge in [0.25, 0.3) is 0 Å². The van der Waals surface area contributed by atoms with Crippen LogP contribution in [0.1, 0.15) is 13.8 Å². The number of anilines is 1. The number of ether oxygens (including phenoxy) is 1. The Labute approximate surface area is 99.2 Å². The van der Waals surface area contributed by atoms with Crippen LogP contribution in [0.2, 0.25) is 0 Å². The highest BCUT2D eigenvalue weighted by Crippen LogP contribution is 2.20. The number of carbonyl (C=O) groups is 1. The molecule has 1 aromatic heterocycles. The Balaban J connectivity index is 2.08. The third kappa shape index (κ3) is 2.82. The molecule has 2 N–H and O–H groups in total. The lowest BCUT2D eigenvalue weighted by Gasteiger charge is -2.08. The second kappa shape index (κ2) is 4.97. The molecule has 0 spiro atoms. The maximum atomic E-state index is 11.6. The minimum absolute atomic E-state index is 0.0467. The van der Waals surface area contributed by atoms with Gasteiger partial charge in [0.15, 0.2) is 0 Å². The highest BCUT2D eigenvalue weighted by molar-refractivity contribution is 6.01. The van der Waals surface area contributed by atoms with Crippen molar-refractivity contribution in [1.29, 1.82) is 0 Å². The molecule has 1 aromatic carbocycles. The first kappa shape index (κ1) is 11.6. The maximum Gasteiger partial charge on any atom is 0.250 e. The number of nitrogens with one attached hydrogen (secondary N) is 2. The molecule has 17 heavy (non-hydrogen) atoms. The van der Waals surface area contributed by atoms with Gasteiger partial charge in [-0.3, -0.25) is 9.89 Å². The van der Waals surface area contributed by atoms with Crippen LogP contribution in [0.15, 0.2) is 24.4 Å². The average molecular weight is 233 g/mol. The van der Waals surface area contributed by atoms with Crippen molar-refractivity contribution < 1.29 is 9.53 Å². The third-order valence-electron chi connectivity index (χ3n) is 2.31.